The molecule has 2 aromatic heterocycles. The van der Waals surface area contributed by atoms with E-state index in [2.05, 4.69) is 9.97 Å². The van der Waals surface area contributed by atoms with Gasteiger partial charge in [0.1, 0.15) is 11.6 Å². The van der Waals surface area contributed by atoms with Gasteiger partial charge in [0, 0.05) is 16.8 Å². The lowest BCUT2D eigenvalue weighted by Crippen LogP contribution is -2.21. The number of fused-ring (bicyclic) bond motifs is 3. The Balaban J connectivity index is 1.77. The number of para-hydroxylation sites is 2. The maximum absolute atomic E-state index is 13.2. The van der Waals surface area contributed by atoms with Crippen molar-refractivity contribution in [1.82, 2.24) is 14.5 Å². The number of nitrogen functional groups attached to an aromatic ring is 2. The van der Waals surface area contributed by atoms with Crippen LogP contribution in [-0.4, -0.2) is 25.7 Å². The first-order chi connectivity index (χ1) is 12.5. The summed E-state index contributed by atoms with van der Waals surface area (Å²) in [4.78, 5) is 21.5. The molecule has 0 spiro atoms. The molecular weight excluding hydrogens is 346 g/mol. The minimum atomic E-state index is -0.407. The normalized spacial score (nSPS) is 12.5. The number of nitrogens with zero attached hydrogens (tertiary/aromatic N) is 3. The molecule has 0 radical (unpaired) electrons. The van der Waals surface area contributed by atoms with Crippen molar-refractivity contribution >= 4 is 51.1 Å². The lowest BCUT2D eigenvalue weighted by molar-refractivity contribution is 0.0925. The van der Waals surface area contributed by atoms with Gasteiger partial charge in [-0.05, 0) is 19.1 Å². The molecule has 0 amide bonds. The van der Waals surface area contributed by atoms with Crippen molar-refractivity contribution in [3.63, 3.8) is 0 Å². The summed E-state index contributed by atoms with van der Waals surface area (Å²) < 4.78 is 1.76. The molecule has 0 aliphatic carbocycles. The van der Waals surface area contributed by atoms with E-state index in [-0.39, 0.29) is 17.5 Å². The van der Waals surface area contributed by atoms with Gasteiger partial charge in [-0.2, -0.15) is 0 Å². The average Bonchev–Trinajstić information content (AvgIpc) is 2.94. The van der Waals surface area contributed by atoms with Gasteiger partial charge in [-0.1, -0.05) is 48.2 Å². The van der Waals surface area contributed by atoms with Gasteiger partial charge in [0.05, 0.1) is 16.3 Å². The van der Waals surface area contributed by atoms with Crippen molar-refractivity contribution in [1.29, 1.82) is 0 Å². The Morgan fingerprint density at radius 2 is 1.46 bits per heavy atom. The molecule has 2 aromatic carbocycles. The van der Waals surface area contributed by atoms with E-state index in [0.717, 1.165) is 21.8 Å². The van der Waals surface area contributed by atoms with Gasteiger partial charge in [0.15, 0.2) is 5.16 Å². The monoisotopic (exact) mass is 363 g/mol. The number of aromatic nitrogens is 3. The summed E-state index contributed by atoms with van der Waals surface area (Å²) in [5.41, 5.74) is 13.2. The van der Waals surface area contributed by atoms with Crippen LogP contribution in [0.15, 0.2) is 59.8 Å². The highest BCUT2D eigenvalue weighted by atomic mass is 32.2. The molecule has 0 aliphatic rings. The third kappa shape index (κ3) is 2.76. The van der Waals surface area contributed by atoms with Crippen LogP contribution >= 0.6 is 11.8 Å². The fourth-order valence-corrected chi connectivity index (χ4v) is 3.90. The lowest BCUT2D eigenvalue weighted by atomic mass is 10.2. The van der Waals surface area contributed by atoms with E-state index >= 15 is 0 Å². The second kappa shape index (κ2) is 6.34. The number of thioether (sulfide) groups is 1. The van der Waals surface area contributed by atoms with Crippen LogP contribution in [0.3, 0.4) is 0 Å². The molecule has 1 unspecified atom stereocenters. The first-order valence-electron chi connectivity index (χ1n) is 8.13. The van der Waals surface area contributed by atoms with Crippen molar-refractivity contribution in [2.45, 2.75) is 17.3 Å². The summed E-state index contributed by atoms with van der Waals surface area (Å²) in [5, 5.41) is 2.09. The molecule has 1 atom stereocenters. The quantitative estimate of drug-likeness (QED) is 0.426. The predicted molar refractivity (Wildman–Crippen MR) is 106 cm³/mol. The van der Waals surface area contributed by atoms with E-state index < -0.39 is 5.25 Å². The molecule has 0 fully saturated rings. The molecule has 0 saturated heterocycles. The molecule has 0 saturated carbocycles. The second-order valence-corrected chi connectivity index (χ2v) is 7.28. The van der Waals surface area contributed by atoms with Gasteiger partial charge < -0.3 is 11.5 Å². The summed E-state index contributed by atoms with van der Waals surface area (Å²) in [6.45, 7) is 1.83. The zero-order chi connectivity index (χ0) is 18.3. The van der Waals surface area contributed by atoms with Crippen LogP contribution in [-0.2, 0) is 0 Å². The highest BCUT2D eigenvalue weighted by molar-refractivity contribution is 8.00. The van der Waals surface area contributed by atoms with E-state index in [1.54, 1.807) is 4.57 Å². The molecular formula is C19H17N5OS. The standard InChI is InChI=1S/C19H17N5OS/c1-11(26-19-22-16(20)10-17(21)23-19)18(25)24-14-8-4-2-6-12(14)13-7-3-5-9-15(13)24/h2-11H,1H3,(H4,20,21,22,23). The maximum Gasteiger partial charge on any atom is 0.244 e. The Hall–Kier alpha value is -3.06. The van der Waals surface area contributed by atoms with Gasteiger partial charge in [-0.3, -0.25) is 9.36 Å². The maximum atomic E-state index is 13.2. The molecule has 26 heavy (non-hydrogen) atoms. The summed E-state index contributed by atoms with van der Waals surface area (Å²) in [6, 6.07) is 17.3. The van der Waals surface area contributed by atoms with Crippen LogP contribution in [0.4, 0.5) is 11.6 Å². The number of carbonyl (C=O) groups excluding carboxylic acids is 1. The van der Waals surface area contributed by atoms with Gasteiger partial charge in [-0.25, -0.2) is 9.97 Å². The summed E-state index contributed by atoms with van der Waals surface area (Å²) in [7, 11) is 0. The van der Waals surface area contributed by atoms with E-state index in [0.29, 0.717) is 5.16 Å². The lowest BCUT2D eigenvalue weighted by Gasteiger charge is -2.12. The van der Waals surface area contributed by atoms with Crippen LogP contribution in [0.25, 0.3) is 21.8 Å². The average molecular weight is 363 g/mol. The molecule has 6 nitrogen and oxygen atoms in total. The predicted octanol–water partition coefficient (Wildman–Crippen LogP) is 3.57. The molecule has 4 rings (SSSR count). The highest BCUT2D eigenvalue weighted by Gasteiger charge is 2.22. The first-order valence-corrected chi connectivity index (χ1v) is 9.01. The van der Waals surface area contributed by atoms with Crippen LogP contribution < -0.4 is 11.5 Å². The Bertz CT molecular complexity index is 1060. The summed E-state index contributed by atoms with van der Waals surface area (Å²) in [5.74, 6) is 0.532. The molecule has 130 valence electrons. The van der Waals surface area contributed by atoms with E-state index in [4.69, 9.17) is 11.5 Å². The minimum Gasteiger partial charge on any atom is -0.383 e. The molecule has 0 aliphatic heterocycles. The summed E-state index contributed by atoms with van der Waals surface area (Å²) >= 11 is 1.24. The van der Waals surface area contributed by atoms with E-state index in [1.165, 1.54) is 17.8 Å². The number of hydrogen-bond acceptors (Lipinski definition) is 6. The van der Waals surface area contributed by atoms with Crippen LogP contribution in [0.1, 0.15) is 11.7 Å². The fourth-order valence-electron chi connectivity index (χ4n) is 3.06. The Morgan fingerprint density at radius 1 is 0.962 bits per heavy atom. The van der Waals surface area contributed by atoms with E-state index in [1.807, 2.05) is 55.5 Å². The second-order valence-electron chi connectivity index (χ2n) is 5.97. The van der Waals surface area contributed by atoms with Gasteiger partial charge in [0.25, 0.3) is 0 Å². The largest absolute Gasteiger partial charge is 0.383 e. The van der Waals surface area contributed by atoms with Crippen LogP contribution in [0, 0.1) is 0 Å². The van der Waals surface area contributed by atoms with Crippen molar-refractivity contribution in [2.75, 3.05) is 11.5 Å². The Kier molecular flexibility index (Phi) is 4.00. The highest BCUT2D eigenvalue weighted by Crippen LogP contribution is 2.31. The minimum absolute atomic E-state index is 0.0444. The fraction of sp³-hybridized carbons (Fsp3) is 0.105. The number of rotatable bonds is 3. The van der Waals surface area contributed by atoms with Crippen LogP contribution in [0.2, 0.25) is 0 Å². The third-order valence-electron chi connectivity index (χ3n) is 4.18. The topological polar surface area (TPSA) is 99.8 Å². The van der Waals surface area contributed by atoms with Crippen molar-refractivity contribution in [3.05, 3.63) is 54.6 Å². The Labute approximate surface area is 154 Å². The van der Waals surface area contributed by atoms with Crippen molar-refractivity contribution < 1.29 is 4.79 Å². The smallest absolute Gasteiger partial charge is 0.244 e. The SMILES string of the molecule is CC(Sc1nc(N)cc(N)n1)C(=O)n1c2ccccc2c2ccccc21. The molecule has 4 N–H and O–H groups in total. The number of nitrogens with two attached hydrogens (primary N) is 2. The zero-order valence-electron chi connectivity index (χ0n) is 14.1. The molecule has 0 bridgehead atoms. The number of hydrogen-bond donors (Lipinski definition) is 2. The van der Waals surface area contributed by atoms with E-state index in [9.17, 15) is 4.79 Å². The number of anilines is 2. The molecule has 2 heterocycles. The first kappa shape index (κ1) is 16.4. The molecule has 4 aromatic rings. The van der Waals surface area contributed by atoms with Gasteiger partial charge in [-0.15, -0.1) is 0 Å². The summed E-state index contributed by atoms with van der Waals surface area (Å²) in [6.07, 6.45) is 0. The van der Waals surface area contributed by atoms with Crippen molar-refractivity contribution in [3.8, 4) is 0 Å². The zero-order valence-corrected chi connectivity index (χ0v) is 14.9. The molecule has 7 heteroatoms. The van der Waals surface area contributed by atoms with Gasteiger partial charge >= 0.3 is 0 Å². The van der Waals surface area contributed by atoms with Crippen molar-refractivity contribution in [2.24, 2.45) is 0 Å². The number of benzene rings is 2. The number of carbonyl (C=O) groups is 1. The Morgan fingerprint density at radius 3 is 2.00 bits per heavy atom. The van der Waals surface area contributed by atoms with Gasteiger partial charge in [0.2, 0.25) is 5.91 Å². The third-order valence-corrected chi connectivity index (χ3v) is 5.12. The van der Waals surface area contributed by atoms with Crippen LogP contribution in [0.5, 0.6) is 0 Å².